The van der Waals surface area contributed by atoms with Gasteiger partial charge in [-0.3, -0.25) is 0 Å². The lowest BCUT2D eigenvalue weighted by molar-refractivity contribution is -0.0256. The number of esters is 1. The van der Waals surface area contributed by atoms with Crippen LogP contribution in [0.5, 0.6) is 0 Å². The maximum atomic E-state index is 11.6. The lowest BCUT2D eigenvalue weighted by Gasteiger charge is -2.34. The highest BCUT2D eigenvalue weighted by atomic mass is 16.5. The molecule has 0 aromatic carbocycles. The van der Waals surface area contributed by atoms with Crippen molar-refractivity contribution in [2.75, 3.05) is 13.2 Å². The number of carbonyl (C=O) groups is 1. The Morgan fingerprint density at radius 2 is 2.11 bits per heavy atom. The van der Waals surface area contributed by atoms with Crippen molar-refractivity contribution in [2.45, 2.75) is 46.1 Å². The first-order valence-electron chi connectivity index (χ1n) is 6.89. The lowest BCUT2D eigenvalue weighted by Crippen LogP contribution is -2.32. The van der Waals surface area contributed by atoms with Gasteiger partial charge in [0, 0.05) is 13.0 Å². The number of ether oxygens (including phenoxy) is 2. The van der Waals surface area contributed by atoms with Gasteiger partial charge in [0.05, 0.1) is 18.4 Å². The van der Waals surface area contributed by atoms with Crippen LogP contribution in [-0.2, 0) is 15.9 Å². The molecule has 106 valence electrons. The Kier molecular flexibility index (Phi) is 4.58. The van der Waals surface area contributed by atoms with Crippen LogP contribution >= 0.6 is 0 Å². The van der Waals surface area contributed by atoms with E-state index in [2.05, 4.69) is 4.98 Å². The molecule has 0 atom stereocenters. The summed E-state index contributed by atoms with van der Waals surface area (Å²) in [4.78, 5) is 15.9. The molecule has 0 radical (unpaired) electrons. The summed E-state index contributed by atoms with van der Waals surface area (Å²) < 4.78 is 15.9. The molecule has 0 amide bonds. The molecular formula is C14H21NO4. The molecule has 1 heterocycles. The molecule has 0 saturated heterocycles. The Hall–Kier alpha value is -1.36. The Morgan fingerprint density at radius 3 is 2.74 bits per heavy atom. The molecule has 1 aromatic heterocycles. The zero-order valence-electron chi connectivity index (χ0n) is 11.8. The fraction of sp³-hybridized carbons (Fsp3) is 0.714. The molecule has 19 heavy (non-hydrogen) atoms. The van der Waals surface area contributed by atoms with E-state index in [-0.39, 0.29) is 5.76 Å². The summed E-state index contributed by atoms with van der Waals surface area (Å²) in [5, 5.41) is 0. The molecule has 1 saturated carbocycles. The van der Waals surface area contributed by atoms with Crippen LogP contribution in [-0.4, -0.2) is 30.3 Å². The van der Waals surface area contributed by atoms with E-state index in [1.807, 2.05) is 6.92 Å². The average Bonchev–Trinajstić information content (AvgIpc) is 2.68. The van der Waals surface area contributed by atoms with Gasteiger partial charge in [-0.1, -0.05) is 0 Å². The first kappa shape index (κ1) is 14.1. The third-order valence-electron chi connectivity index (χ3n) is 3.36. The van der Waals surface area contributed by atoms with Crippen molar-refractivity contribution >= 4 is 5.97 Å². The Labute approximate surface area is 113 Å². The van der Waals surface area contributed by atoms with Crippen LogP contribution < -0.4 is 0 Å². The highest BCUT2D eigenvalue weighted by Gasteiger charge is 2.31. The maximum absolute atomic E-state index is 11.6. The van der Waals surface area contributed by atoms with E-state index in [4.69, 9.17) is 13.9 Å². The van der Waals surface area contributed by atoms with Gasteiger partial charge < -0.3 is 13.9 Å². The molecular weight excluding hydrogens is 246 g/mol. The van der Waals surface area contributed by atoms with Gasteiger partial charge in [0.1, 0.15) is 0 Å². The van der Waals surface area contributed by atoms with Gasteiger partial charge >= 0.3 is 5.97 Å². The van der Waals surface area contributed by atoms with E-state index in [1.165, 1.54) is 0 Å². The lowest BCUT2D eigenvalue weighted by atomic mass is 9.80. The quantitative estimate of drug-likeness (QED) is 0.741. The minimum Gasteiger partial charge on any atom is -0.460 e. The second kappa shape index (κ2) is 6.19. The summed E-state index contributed by atoms with van der Waals surface area (Å²) >= 11 is 0. The standard InChI is InChI=1S/C14H21NO4/c1-4-17-11-6-10(7-11)8-12-15-9(3)13(19-12)14(16)18-5-2/h10-11H,4-8H2,1-3H3. The molecule has 5 nitrogen and oxygen atoms in total. The van der Waals surface area contributed by atoms with Crippen molar-refractivity contribution in [3.8, 4) is 0 Å². The van der Waals surface area contributed by atoms with Crippen LogP contribution in [0.4, 0.5) is 0 Å². The summed E-state index contributed by atoms with van der Waals surface area (Å²) in [6, 6.07) is 0. The molecule has 0 spiro atoms. The molecule has 0 N–H and O–H groups in total. The second-order valence-corrected chi connectivity index (χ2v) is 4.86. The van der Waals surface area contributed by atoms with E-state index in [0.29, 0.717) is 30.2 Å². The summed E-state index contributed by atoms with van der Waals surface area (Å²) in [6.07, 6.45) is 3.24. The molecule has 5 heteroatoms. The van der Waals surface area contributed by atoms with Crippen molar-refractivity contribution in [3.05, 3.63) is 17.3 Å². The van der Waals surface area contributed by atoms with Gasteiger partial charge in [-0.15, -0.1) is 0 Å². The topological polar surface area (TPSA) is 61.6 Å². The number of hydrogen-bond donors (Lipinski definition) is 0. The van der Waals surface area contributed by atoms with E-state index in [1.54, 1.807) is 13.8 Å². The van der Waals surface area contributed by atoms with Gasteiger partial charge in [-0.2, -0.15) is 0 Å². The Balaban J connectivity index is 1.89. The predicted octanol–water partition coefficient (Wildman–Crippen LogP) is 2.52. The van der Waals surface area contributed by atoms with E-state index in [9.17, 15) is 4.79 Å². The van der Waals surface area contributed by atoms with E-state index < -0.39 is 5.97 Å². The van der Waals surface area contributed by atoms with Gasteiger partial charge in [0.25, 0.3) is 0 Å². The average molecular weight is 267 g/mol. The van der Waals surface area contributed by atoms with Crippen LogP contribution in [0, 0.1) is 12.8 Å². The highest BCUT2D eigenvalue weighted by molar-refractivity contribution is 5.87. The summed E-state index contributed by atoms with van der Waals surface area (Å²) in [5.41, 5.74) is 0.606. The summed E-state index contributed by atoms with van der Waals surface area (Å²) in [7, 11) is 0. The smallest absolute Gasteiger partial charge is 0.376 e. The van der Waals surface area contributed by atoms with Crippen molar-refractivity contribution in [1.29, 1.82) is 0 Å². The summed E-state index contributed by atoms with van der Waals surface area (Å²) in [5.74, 6) is 0.974. The molecule has 1 aliphatic rings. The van der Waals surface area contributed by atoms with Gasteiger partial charge in [0.2, 0.25) is 5.76 Å². The second-order valence-electron chi connectivity index (χ2n) is 4.86. The molecule has 0 unspecified atom stereocenters. The zero-order chi connectivity index (χ0) is 13.8. The minimum atomic E-state index is -0.431. The normalized spacial score (nSPS) is 22.1. The monoisotopic (exact) mass is 267 g/mol. The van der Waals surface area contributed by atoms with Crippen molar-refractivity contribution in [1.82, 2.24) is 4.98 Å². The third-order valence-corrected chi connectivity index (χ3v) is 3.36. The zero-order valence-corrected chi connectivity index (χ0v) is 11.8. The number of aryl methyl sites for hydroxylation is 1. The first-order valence-corrected chi connectivity index (χ1v) is 6.89. The molecule has 1 aromatic rings. The molecule has 0 bridgehead atoms. The molecule has 1 aliphatic carbocycles. The fourth-order valence-corrected chi connectivity index (χ4v) is 2.39. The van der Waals surface area contributed by atoms with Crippen LogP contribution in [0.1, 0.15) is 48.8 Å². The van der Waals surface area contributed by atoms with Crippen molar-refractivity contribution in [3.63, 3.8) is 0 Å². The van der Waals surface area contributed by atoms with Gasteiger partial charge in [0.15, 0.2) is 5.89 Å². The highest BCUT2D eigenvalue weighted by Crippen LogP contribution is 2.33. The number of nitrogens with zero attached hydrogens (tertiary/aromatic N) is 1. The number of aromatic nitrogens is 1. The fourth-order valence-electron chi connectivity index (χ4n) is 2.39. The van der Waals surface area contributed by atoms with Crippen LogP contribution in [0.15, 0.2) is 4.42 Å². The minimum absolute atomic E-state index is 0.234. The Morgan fingerprint density at radius 1 is 1.37 bits per heavy atom. The molecule has 0 aliphatic heterocycles. The molecule has 2 rings (SSSR count). The number of hydrogen-bond acceptors (Lipinski definition) is 5. The SMILES string of the molecule is CCOC(=O)c1oc(CC2CC(OCC)C2)nc1C. The number of rotatable bonds is 6. The van der Waals surface area contributed by atoms with Crippen LogP contribution in [0.2, 0.25) is 0 Å². The van der Waals surface area contributed by atoms with Gasteiger partial charge in [-0.25, -0.2) is 9.78 Å². The maximum Gasteiger partial charge on any atom is 0.376 e. The van der Waals surface area contributed by atoms with Gasteiger partial charge in [-0.05, 0) is 39.5 Å². The number of oxazole rings is 1. The largest absolute Gasteiger partial charge is 0.460 e. The first-order chi connectivity index (χ1) is 9.13. The Bertz CT molecular complexity index is 435. The number of carbonyl (C=O) groups excluding carboxylic acids is 1. The predicted molar refractivity (Wildman–Crippen MR) is 69.0 cm³/mol. The summed E-state index contributed by atoms with van der Waals surface area (Å²) in [6.45, 7) is 6.65. The van der Waals surface area contributed by atoms with Crippen molar-refractivity contribution < 1.29 is 18.7 Å². The van der Waals surface area contributed by atoms with Crippen LogP contribution in [0.3, 0.4) is 0 Å². The van der Waals surface area contributed by atoms with E-state index >= 15 is 0 Å². The van der Waals surface area contributed by atoms with Crippen molar-refractivity contribution in [2.24, 2.45) is 5.92 Å². The molecule has 1 fully saturated rings. The van der Waals surface area contributed by atoms with Crippen LogP contribution in [0.25, 0.3) is 0 Å². The van der Waals surface area contributed by atoms with E-state index in [0.717, 1.165) is 25.9 Å². The third kappa shape index (κ3) is 3.35.